The van der Waals surface area contributed by atoms with Crippen LogP contribution in [0.1, 0.15) is 0 Å². The second kappa shape index (κ2) is 11.5. The predicted octanol–water partition coefficient (Wildman–Crippen LogP) is 14.7. The molecule has 0 fully saturated rings. The Hall–Kier alpha value is -6.62. The fourth-order valence-corrected chi connectivity index (χ4v) is 9.09. The lowest BCUT2D eigenvalue weighted by atomic mass is 9.98. The van der Waals surface area contributed by atoms with Crippen molar-refractivity contribution in [2.24, 2.45) is 0 Å². The van der Waals surface area contributed by atoms with Crippen LogP contribution in [0.3, 0.4) is 0 Å². The van der Waals surface area contributed by atoms with Crippen LogP contribution in [0.15, 0.2) is 185 Å². The van der Waals surface area contributed by atoms with Gasteiger partial charge in [-0.25, -0.2) is 0 Å². The summed E-state index contributed by atoms with van der Waals surface area (Å²) in [4.78, 5) is 2.40. The van der Waals surface area contributed by atoms with E-state index < -0.39 is 0 Å². The van der Waals surface area contributed by atoms with E-state index in [-0.39, 0.29) is 0 Å². The summed E-state index contributed by atoms with van der Waals surface area (Å²) in [7, 11) is 0. The molecule has 0 saturated heterocycles. The number of rotatable bonds is 5. The molecule has 11 aromatic rings. The van der Waals surface area contributed by atoms with E-state index >= 15 is 0 Å². The Morgan fingerprint density at radius 3 is 1.92 bits per heavy atom. The predicted molar refractivity (Wildman–Crippen MR) is 219 cm³/mol. The molecule has 52 heavy (non-hydrogen) atoms. The minimum absolute atomic E-state index is 0.900. The van der Waals surface area contributed by atoms with Gasteiger partial charge in [-0.1, -0.05) is 115 Å². The highest BCUT2D eigenvalue weighted by Crippen LogP contribution is 2.46. The second-order valence-electron chi connectivity index (χ2n) is 13.2. The molecule has 3 nitrogen and oxygen atoms in total. The Kier molecular flexibility index (Phi) is 6.42. The molecule has 0 aliphatic heterocycles. The average Bonchev–Trinajstić information content (AvgIpc) is 3.90. The average molecular weight is 684 g/mol. The Balaban J connectivity index is 1.11. The zero-order valence-electron chi connectivity index (χ0n) is 27.9. The molecule has 11 rings (SSSR count). The van der Waals surface area contributed by atoms with Gasteiger partial charge in [-0.05, 0) is 77.4 Å². The fraction of sp³-hybridized carbons (Fsp3) is 0. The molecule has 0 aliphatic rings. The molecule has 0 aliphatic carbocycles. The smallest absolute Gasteiger partial charge is 0.143 e. The SMILES string of the molecule is c1cc(-c2cccc3c2oc2ccccc23)cc(N(c2ccc(-c3cccc4oc5ccccc5c34)cc2)c2cccc3sc4ccccc4c23)c1. The minimum Gasteiger partial charge on any atom is -0.456 e. The first-order valence-corrected chi connectivity index (χ1v) is 18.3. The van der Waals surface area contributed by atoms with Crippen molar-refractivity contribution in [3.8, 4) is 22.3 Å². The molecule has 0 amide bonds. The number of para-hydroxylation sites is 3. The number of anilines is 3. The summed E-state index contributed by atoms with van der Waals surface area (Å²) >= 11 is 1.84. The van der Waals surface area contributed by atoms with Gasteiger partial charge < -0.3 is 13.7 Å². The molecule has 0 radical (unpaired) electrons. The van der Waals surface area contributed by atoms with E-state index in [1.165, 1.54) is 20.2 Å². The molecule has 244 valence electrons. The molecule has 0 atom stereocenters. The van der Waals surface area contributed by atoms with Gasteiger partial charge in [-0.15, -0.1) is 11.3 Å². The van der Waals surface area contributed by atoms with Crippen LogP contribution in [-0.4, -0.2) is 0 Å². The van der Waals surface area contributed by atoms with Crippen LogP contribution in [0.5, 0.6) is 0 Å². The molecule has 0 unspecified atom stereocenters. The van der Waals surface area contributed by atoms with Crippen LogP contribution in [0, 0.1) is 0 Å². The molecule has 0 spiro atoms. The number of furan rings is 2. The van der Waals surface area contributed by atoms with Crippen molar-refractivity contribution in [2.75, 3.05) is 4.90 Å². The minimum atomic E-state index is 0.900. The summed E-state index contributed by atoms with van der Waals surface area (Å²) in [6.07, 6.45) is 0. The normalized spacial score (nSPS) is 11.8. The van der Waals surface area contributed by atoms with Gasteiger partial charge in [-0.2, -0.15) is 0 Å². The van der Waals surface area contributed by atoms with Gasteiger partial charge >= 0.3 is 0 Å². The van der Waals surface area contributed by atoms with Gasteiger partial charge in [0.15, 0.2) is 0 Å². The van der Waals surface area contributed by atoms with Gasteiger partial charge in [0.25, 0.3) is 0 Å². The van der Waals surface area contributed by atoms with Crippen molar-refractivity contribution < 1.29 is 8.83 Å². The molecule has 0 saturated carbocycles. The van der Waals surface area contributed by atoms with E-state index in [4.69, 9.17) is 8.83 Å². The molecule has 3 heterocycles. The maximum atomic E-state index is 6.49. The van der Waals surface area contributed by atoms with Gasteiger partial charge in [0.1, 0.15) is 22.3 Å². The molecule has 0 N–H and O–H groups in total. The van der Waals surface area contributed by atoms with E-state index in [0.29, 0.717) is 0 Å². The second-order valence-corrected chi connectivity index (χ2v) is 14.3. The van der Waals surface area contributed by atoms with Crippen molar-refractivity contribution in [2.45, 2.75) is 0 Å². The van der Waals surface area contributed by atoms with Gasteiger partial charge in [-0.3, -0.25) is 0 Å². The van der Waals surface area contributed by atoms with Gasteiger partial charge in [0.05, 0.1) is 5.69 Å². The van der Waals surface area contributed by atoms with Crippen molar-refractivity contribution in [3.63, 3.8) is 0 Å². The first kappa shape index (κ1) is 29.1. The van der Waals surface area contributed by atoms with Crippen LogP contribution in [0.25, 0.3) is 86.3 Å². The third-order valence-electron chi connectivity index (χ3n) is 10.3. The summed E-state index contributed by atoms with van der Waals surface area (Å²) in [6.45, 7) is 0. The van der Waals surface area contributed by atoms with Crippen LogP contribution in [0.2, 0.25) is 0 Å². The summed E-state index contributed by atoms with van der Waals surface area (Å²) in [5.74, 6) is 0. The Morgan fingerprint density at radius 2 is 1.04 bits per heavy atom. The summed E-state index contributed by atoms with van der Waals surface area (Å²) in [5.41, 5.74) is 11.4. The van der Waals surface area contributed by atoms with Crippen LogP contribution >= 0.6 is 11.3 Å². The number of fused-ring (bicyclic) bond motifs is 9. The number of hydrogen-bond acceptors (Lipinski definition) is 4. The highest BCUT2D eigenvalue weighted by atomic mass is 32.1. The highest BCUT2D eigenvalue weighted by molar-refractivity contribution is 7.26. The zero-order chi connectivity index (χ0) is 34.2. The standard InChI is InChI=1S/C48H29NO2S/c1-4-20-41-36(13-1)37-18-8-17-35(48(37)51-41)31-11-7-12-33(29-31)49(40-19-10-24-45-47(40)39-15-3-6-23-44(39)52-45)32-27-25-30(26-28-32)34-16-9-22-43-46(34)38-14-2-5-21-42(38)50-43/h1-29H. The zero-order valence-corrected chi connectivity index (χ0v) is 28.7. The molecular formula is C48H29NO2S. The Labute approximate surface area is 303 Å². The van der Waals surface area contributed by atoms with Crippen LogP contribution < -0.4 is 4.90 Å². The molecule has 3 aromatic heterocycles. The lowest BCUT2D eigenvalue weighted by molar-refractivity contribution is 0.669. The van der Waals surface area contributed by atoms with E-state index in [1.807, 2.05) is 35.6 Å². The van der Waals surface area contributed by atoms with Crippen molar-refractivity contribution in [3.05, 3.63) is 176 Å². The first-order valence-electron chi connectivity index (χ1n) is 17.5. The lowest BCUT2D eigenvalue weighted by Crippen LogP contribution is -2.10. The lowest BCUT2D eigenvalue weighted by Gasteiger charge is -2.27. The number of benzene rings is 8. The maximum absolute atomic E-state index is 6.49. The van der Waals surface area contributed by atoms with E-state index in [9.17, 15) is 0 Å². The summed E-state index contributed by atoms with van der Waals surface area (Å²) in [5, 5.41) is 7.05. The number of nitrogens with zero attached hydrogens (tertiary/aromatic N) is 1. The van der Waals surface area contributed by atoms with E-state index in [0.717, 1.165) is 83.2 Å². The van der Waals surface area contributed by atoms with Crippen molar-refractivity contribution >= 4 is 92.4 Å². The molecule has 0 bridgehead atoms. The first-order chi connectivity index (χ1) is 25.8. The maximum Gasteiger partial charge on any atom is 0.143 e. The topological polar surface area (TPSA) is 29.5 Å². The number of thiophene rings is 1. The molecule has 4 heteroatoms. The van der Waals surface area contributed by atoms with Crippen molar-refractivity contribution in [1.29, 1.82) is 0 Å². The van der Waals surface area contributed by atoms with E-state index in [1.54, 1.807) is 0 Å². The Morgan fingerprint density at radius 1 is 0.385 bits per heavy atom. The molecular weight excluding hydrogens is 655 g/mol. The van der Waals surface area contributed by atoms with Gasteiger partial charge in [0.2, 0.25) is 0 Å². The highest BCUT2D eigenvalue weighted by Gasteiger charge is 2.21. The van der Waals surface area contributed by atoms with Crippen molar-refractivity contribution in [1.82, 2.24) is 0 Å². The quantitative estimate of drug-likeness (QED) is 0.181. The van der Waals surface area contributed by atoms with Gasteiger partial charge in [0, 0.05) is 58.7 Å². The molecule has 8 aromatic carbocycles. The summed E-state index contributed by atoms with van der Waals surface area (Å²) < 4.78 is 15.3. The van der Waals surface area contributed by atoms with Crippen LogP contribution in [0.4, 0.5) is 17.1 Å². The Bertz CT molecular complexity index is 3150. The summed E-state index contributed by atoms with van der Waals surface area (Å²) in [6, 6.07) is 62.5. The van der Waals surface area contributed by atoms with Crippen LogP contribution in [-0.2, 0) is 0 Å². The third-order valence-corrected chi connectivity index (χ3v) is 11.4. The fourth-order valence-electron chi connectivity index (χ4n) is 7.96. The monoisotopic (exact) mass is 683 g/mol. The largest absolute Gasteiger partial charge is 0.456 e. The third kappa shape index (κ3) is 4.45. The number of hydrogen-bond donors (Lipinski definition) is 0. The van der Waals surface area contributed by atoms with E-state index in [2.05, 4.69) is 157 Å².